The molecule has 8 heteroatoms. The van der Waals surface area contributed by atoms with Crippen molar-refractivity contribution in [1.29, 1.82) is 0 Å². The number of esters is 2. The molecule has 0 amide bonds. The highest BCUT2D eigenvalue weighted by molar-refractivity contribution is 5.93. The van der Waals surface area contributed by atoms with Crippen molar-refractivity contribution in [3.05, 3.63) is 118 Å². The molecule has 0 saturated carbocycles. The minimum absolute atomic E-state index is 0.0789. The van der Waals surface area contributed by atoms with E-state index in [1.54, 1.807) is 48.5 Å². The fourth-order valence-corrected chi connectivity index (χ4v) is 3.65. The Morgan fingerprint density at radius 2 is 1.16 bits per heavy atom. The predicted octanol–water partition coefficient (Wildman–Crippen LogP) is 5.06. The minimum Gasteiger partial charge on any atom is -0.456 e. The molecule has 5 rings (SSSR count). The van der Waals surface area contributed by atoms with Gasteiger partial charge in [-0.25, -0.2) is 9.59 Å². The van der Waals surface area contributed by atoms with Gasteiger partial charge in [-0.3, -0.25) is 4.79 Å². The summed E-state index contributed by atoms with van der Waals surface area (Å²) in [6, 6.07) is 25.0. The van der Waals surface area contributed by atoms with Gasteiger partial charge in [0.15, 0.2) is 5.43 Å². The SMILES string of the molecule is Nc1ccc(C(=O)Oc2cc(OC(=O)c3ccc(N)cc3)cc(-c3cc(=O)c4ccccc4o3)c2)cc1. The Morgan fingerprint density at radius 3 is 1.70 bits per heavy atom. The van der Waals surface area contributed by atoms with E-state index in [4.69, 9.17) is 25.4 Å². The van der Waals surface area contributed by atoms with Gasteiger partial charge in [0, 0.05) is 29.1 Å². The lowest BCUT2D eigenvalue weighted by molar-refractivity contribution is 0.0733. The summed E-state index contributed by atoms with van der Waals surface area (Å²) >= 11 is 0. The van der Waals surface area contributed by atoms with Crippen LogP contribution in [0.2, 0.25) is 0 Å². The Kier molecular flexibility index (Phi) is 6.13. The van der Waals surface area contributed by atoms with Gasteiger partial charge in [-0.05, 0) is 72.8 Å². The molecule has 0 fully saturated rings. The second-order valence-corrected chi connectivity index (χ2v) is 8.19. The number of hydrogen-bond donors (Lipinski definition) is 2. The average Bonchev–Trinajstić information content (AvgIpc) is 2.89. The van der Waals surface area contributed by atoms with E-state index in [-0.39, 0.29) is 33.8 Å². The molecule has 4 N–H and O–H groups in total. The summed E-state index contributed by atoms with van der Waals surface area (Å²) in [5.74, 6) is -0.926. The van der Waals surface area contributed by atoms with Gasteiger partial charge in [0.25, 0.3) is 0 Å². The molecular weight excluding hydrogens is 472 g/mol. The molecule has 0 aliphatic rings. The van der Waals surface area contributed by atoms with Gasteiger partial charge >= 0.3 is 11.9 Å². The summed E-state index contributed by atoms with van der Waals surface area (Å²) in [5.41, 5.74) is 13.4. The maximum atomic E-state index is 12.7. The Labute approximate surface area is 210 Å². The first-order valence-corrected chi connectivity index (χ1v) is 11.2. The quantitative estimate of drug-likeness (QED) is 0.197. The Morgan fingerprint density at radius 1 is 0.649 bits per heavy atom. The summed E-state index contributed by atoms with van der Waals surface area (Å²) in [6.07, 6.45) is 0. The zero-order chi connectivity index (χ0) is 25.9. The van der Waals surface area contributed by atoms with E-state index in [2.05, 4.69) is 0 Å². The third-order valence-electron chi connectivity index (χ3n) is 5.51. The summed E-state index contributed by atoms with van der Waals surface area (Å²) < 4.78 is 17.0. The van der Waals surface area contributed by atoms with Crippen molar-refractivity contribution < 1.29 is 23.5 Å². The lowest BCUT2D eigenvalue weighted by atomic mass is 10.1. The van der Waals surface area contributed by atoms with Crippen LogP contribution >= 0.6 is 0 Å². The number of hydrogen-bond acceptors (Lipinski definition) is 8. The van der Waals surface area contributed by atoms with Gasteiger partial charge < -0.3 is 25.4 Å². The van der Waals surface area contributed by atoms with Crippen molar-refractivity contribution in [1.82, 2.24) is 0 Å². The lowest BCUT2D eigenvalue weighted by Gasteiger charge is -2.11. The third-order valence-corrected chi connectivity index (χ3v) is 5.51. The van der Waals surface area contributed by atoms with Crippen LogP contribution in [-0.4, -0.2) is 11.9 Å². The fraction of sp³-hybridized carbons (Fsp3) is 0. The first kappa shape index (κ1) is 23.4. The number of carbonyl (C=O) groups is 2. The number of anilines is 2. The molecule has 0 atom stereocenters. The summed E-state index contributed by atoms with van der Waals surface area (Å²) in [4.78, 5) is 38.1. The van der Waals surface area contributed by atoms with E-state index in [1.807, 2.05) is 0 Å². The molecule has 0 aliphatic carbocycles. The zero-order valence-corrected chi connectivity index (χ0v) is 19.3. The van der Waals surface area contributed by atoms with E-state index in [1.165, 1.54) is 48.5 Å². The molecule has 37 heavy (non-hydrogen) atoms. The van der Waals surface area contributed by atoms with Crippen molar-refractivity contribution >= 4 is 34.3 Å². The monoisotopic (exact) mass is 492 g/mol. The average molecular weight is 492 g/mol. The summed E-state index contributed by atoms with van der Waals surface area (Å²) in [7, 11) is 0. The smallest absolute Gasteiger partial charge is 0.343 e. The van der Waals surface area contributed by atoms with E-state index in [9.17, 15) is 14.4 Å². The highest BCUT2D eigenvalue weighted by Gasteiger charge is 2.16. The van der Waals surface area contributed by atoms with Crippen LogP contribution in [0.5, 0.6) is 11.5 Å². The van der Waals surface area contributed by atoms with Gasteiger partial charge in [0.2, 0.25) is 0 Å². The fourth-order valence-electron chi connectivity index (χ4n) is 3.65. The van der Waals surface area contributed by atoms with Crippen LogP contribution in [0.15, 0.2) is 106 Å². The second kappa shape index (κ2) is 9.71. The van der Waals surface area contributed by atoms with Crippen molar-refractivity contribution in [3.63, 3.8) is 0 Å². The van der Waals surface area contributed by atoms with Gasteiger partial charge in [0.05, 0.1) is 16.5 Å². The van der Waals surface area contributed by atoms with Gasteiger partial charge in [-0.15, -0.1) is 0 Å². The lowest BCUT2D eigenvalue weighted by Crippen LogP contribution is -2.11. The van der Waals surface area contributed by atoms with Crippen molar-refractivity contribution in [2.75, 3.05) is 11.5 Å². The molecule has 8 nitrogen and oxygen atoms in total. The molecule has 5 aromatic rings. The number of carbonyl (C=O) groups excluding carboxylic acids is 2. The predicted molar refractivity (Wildman–Crippen MR) is 140 cm³/mol. The standard InChI is InChI=1S/C29H20N2O6/c30-20-9-5-17(6-10-20)28(33)35-22-13-19(27-16-25(32)24-3-1-2-4-26(24)37-27)14-23(15-22)36-29(34)18-7-11-21(31)12-8-18/h1-16H,30-31H2. The zero-order valence-electron chi connectivity index (χ0n) is 19.3. The first-order valence-electron chi connectivity index (χ1n) is 11.2. The van der Waals surface area contributed by atoms with Gasteiger partial charge in [0.1, 0.15) is 22.8 Å². The molecule has 0 aliphatic heterocycles. The molecule has 0 bridgehead atoms. The van der Waals surface area contributed by atoms with Crippen LogP contribution < -0.4 is 26.4 Å². The molecule has 0 spiro atoms. The Balaban J connectivity index is 1.54. The van der Waals surface area contributed by atoms with E-state index in [0.717, 1.165) is 0 Å². The normalized spacial score (nSPS) is 10.7. The van der Waals surface area contributed by atoms with E-state index in [0.29, 0.717) is 27.9 Å². The molecular formula is C29H20N2O6. The first-order chi connectivity index (χ1) is 17.9. The number of benzene rings is 4. The molecule has 0 radical (unpaired) electrons. The number of rotatable bonds is 5. The highest BCUT2D eigenvalue weighted by atomic mass is 16.5. The highest BCUT2D eigenvalue weighted by Crippen LogP contribution is 2.32. The summed E-state index contributed by atoms with van der Waals surface area (Å²) in [6.45, 7) is 0. The Hall–Kier alpha value is -5.37. The van der Waals surface area contributed by atoms with Crippen molar-refractivity contribution in [2.45, 2.75) is 0 Å². The van der Waals surface area contributed by atoms with Crippen LogP contribution in [-0.2, 0) is 0 Å². The molecule has 0 unspecified atom stereocenters. The summed E-state index contributed by atoms with van der Waals surface area (Å²) in [5, 5.41) is 0.423. The molecule has 182 valence electrons. The number of nitrogens with two attached hydrogens (primary N) is 2. The maximum absolute atomic E-state index is 12.7. The van der Waals surface area contributed by atoms with Gasteiger partial charge in [-0.2, -0.15) is 0 Å². The van der Waals surface area contributed by atoms with E-state index < -0.39 is 11.9 Å². The number of para-hydroxylation sites is 1. The second-order valence-electron chi connectivity index (χ2n) is 8.19. The third kappa shape index (κ3) is 5.18. The van der Waals surface area contributed by atoms with Crippen LogP contribution in [0.1, 0.15) is 20.7 Å². The molecule has 0 saturated heterocycles. The van der Waals surface area contributed by atoms with Crippen molar-refractivity contribution in [3.8, 4) is 22.8 Å². The number of fused-ring (bicyclic) bond motifs is 1. The molecule has 1 heterocycles. The van der Waals surface area contributed by atoms with Crippen molar-refractivity contribution in [2.24, 2.45) is 0 Å². The molecule has 4 aromatic carbocycles. The topological polar surface area (TPSA) is 135 Å². The minimum atomic E-state index is -0.645. The van der Waals surface area contributed by atoms with Crippen LogP contribution in [0, 0.1) is 0 Å². The van der Waals surface area contributed by atoms with Gasteiger partial charge in [-0.1, -0.05) is 12.1 Å². The largest absolute Gasteiger partial charge is 0.456 e. The number of nitrogen functional groups attached to an aromatic ring is 2. The Bertz CT molecular complexity index is 1610. The van der Waals surface area contributed by atoms with E-state index >= 15 is 0 Å². The van der Waals surface area contributed by atoms with Crippen LogP contribution in [0.3, 0.4) is 0 Å². The molecule has 1 aromatic heterocycles. The number of ether oxygens (including phenoxy) is 2. The van der Waals surface area contributed by atoms with Crippen LogP contribution in [0.4, 0.5) is 11.4 Å². The maximum Gasteiger partial charge on any atom is 0.343 e. The van der Waals surface area contributed by atoms with Crippen LogP contribution in [0.25, 0.3) is 22.3 Å².